The van der Waals surface area contributed by atoms with Gasteiger partial charge in [-0.3, -0.25) is 4.90 Å². The van der Waals surface area contributed by atoms with Crippen LogP contribution < -0.4 is 16.0 Å². The Bertz CT molecular complexity index is 1220. The molecule has 5 rings (SSSR count). The molecule has 2 aliphatic heterocycles. The van der Waals surface area contributed by atoms with E-state index < -0.39 is 5.82 Å². The molecular weight excluding hydrogens is 439 g/mol. The van der Waals surface area contributed by atoms with Crippen LogP contribution in [-0.4, -0.2) is 37.6 Å². The Kier molecular flexibility index (Phi) is 5.51. The minimum absolute atomic E-state index is 0.0228. The molecule has 2 aliphatic rings. The number of rotatable bonds is 2. The van der Waals surface area contributed by atoms with Crippen LogP contribution in [0.4, 0.5) is 26.2 Å². The molecule has 3 N–H and O–H groups in total. The number of carbonyl (C=O) groups is 1. The molecule has 0 atom stereocenters. The number of hydrogen-bond donors (Lipinski definition) is 2. The van der Waals surface area contributed by atoms with E-state index in [0.29, 0.717) is 17.9 Å². The van der Waals surface area contributed by atoms with Crippen LogP contribution in [0.1, 0.15) is 18.4 Å². The molecule has 1 spiro atoms. The topological polar surface area (TPSA) is 61.6 Å². The van der Waals surface area contributed by atoms with Crippen molar-refractivity contribution in [3.8, 4) is 11.1 Å². The zero-order chi connectivity index (χ0) is 23.2. The summed E-state index contributed by atoms with van der Waals surface area (Å²) >= 11 is 5.91. The monoisotopic (exact) mass is 464 g/mol. The second-order valence-electron chi connectivity index (χ2n) is 9.09. The van der Waals surface area contributed by atoms with E-state index in [-0.39, 0.29) is 16.5 Å². The Labute approximate surface area is 197 Å². The molecule has 0 saturated carbocycles. The van der Waals surface area contributed by atoms with Gasteiger partial charge in [0, 0.05) is 29.0 Å². The third-order valence-electron chi connectivity index (χ3n) is 6.90. The predicted octanol–water partition coefficient (Wildman–Crippen LogP) is 5.74. The fourth-order valence-corrected chi connectivity index (χ4v) is 5.17. The maximum absolute atomic E-state index is 13.6. The Morgan fingerprint density at radius 1 is 1.06 bits per heavy atom. The molecule has 1 saturated heterocycles. The normalized spacial score (nSPS) is 17.2. The van der Waals surface area contributed by atoms with Gasteiger partial charge in [-0.15, -0.1) is 0 Å². The third-order valence-corrected chi connectivity index (χ3v) is 7.19. The molecule has 2 heterocycles. The van der Waals surface area contributed by atoms with E-state index in [2.05, 4.69) is 35.5 Å². The van der Waals surface area contributed by atoms with Gasteiger partial charge in [-0.2, -0.15) is 0 Å². The summed E-state index contributed by atoms with van der Waals surface area (Å²) in [4.78, 5) is 17.6. The van der Waals surface area contributed by atoms with Crippen molar-refractivity contribution in [2.24, 2.45) is 0 Å². The van der Waals surface area contributed by atoms with E-state index in [0.717, 1.165) is 42.7 Å². The van der Waals surface area contributed by atoms with Crippen molar-refractivity contribution in [3.05, 3.63) is 77.1 Å². The van der Waals surface area contributed by atoms with E-state index in [1.54, 1.807) is 0 Å². The minimum atomic E-state index is -0.516. The van der Waals surface area contributed by atoms with Gasteiger partial charge in [-0.25, -0.2) is 9.18 Å². The number of nitrogen functional groups attached to an aromatic ring is 1. The zero-order valence-electron chi connectivity index (χ0n) is 18.4. The first-order valence-corrected chi connectivity index (χ1v) is 11.4. The van der Waals surface area contributed by atoms with Crippen LogP contribution in [0.15, 0.2) is 60.7 Å². The lowest BCUT2D eigenvalue weighted by Crippen LogP contribution is -2.45. The maximum Gasteiger partial charge on any atom is 0.326 e. The fourth-order valence-electron chi connectivity index (χ4n) is 4.99. The smallest absolute Gasteiger partial charge is 0.326 e. The number of urea groups is 1. The van der Waals surface area contributed by atoms with Crippen LogP contribution in [-0.2, 0) is 5.41 Å². The molecule has 0 aromatic heterocycles. The van der Waals surface area contributed by atoms with E-state index in [4.69, 9.17) is 17.3 Å². The lowest BCUT2D eigenvalue weighted by atomic mass is 9.74. The van der Waals surface area contributed by atoms with Gasteiger partial charge in [0.2, 0.25) is 0 Å². The summed E-state index contributed by atoms with van der Waals surface area (Å²) in [5.41, 5.74) is 11.2. The van der Waals surface area contributed by atoms with Crippen molar-refractivity contribution in [2.45, 2.75) is 18.3 Å². The lowest BCUT2D eigenvalue weighted by molar-refractivity contribution is 0.196. The molecule has 170 valence electrons. The quantitative estimate of drug-likeness (QED) is 0.475. The standard InChI is InChI=1S/C26H26ClFN4O/c1-31-11-9-26(10-12-31)16-32(25(33)30-20-6-8-23(28)22(27)15-20)24-14-18(5-7-21(24)26)17-3-2-4-19(29)13-17/h2-8,13-15H,9-12,16,29H2,1H3,(H,30,33). The Morgan fingerprint density at radius 3 is 2.55 bits per heavy atom. The maximum atomic E-state index is 13.6. The molecule has 3 aromatic carbocycles. The van der Waals surface area contributed by atoms with Crippen LogP contribution in [0.3, 0.4) is 0 Å². The van der Waals surface area contributed by atoms with Gasteiger partial charge in [0.15, 0.2) is 0 Å². The zero-order valence-corrected chi connectivity index (χ0v) is 19.2. The van der Waals surface area contributed by atoms with Crippen LogP contribution in [0, 0.1) is 5.82 Å². The molecule has 5 nitrogen and oxygen atoms in total. The summed E-state index contributed by atoms with van der Waals surface area (Å²) in [5.74, 6) is -0.516. The fraction of sp³-hybridized carbons (Fsp3) is 0.269. The molecule has 0 bridgehead atoms. The molecule has 0 aliphatic carbocycles. The summed E-state index contributed by atoms with van der Waals surface area (Å²) in [6.45, 7) is 2.58. The number of nitrogens with two attached hydrogens (primary N) is 1. The van der Waals surface area contributed by atoms with Crippen molar-refractivity contribution < 1.29 is 9.18 Å². The Hall–Kier alpha value is -3.09. The van der Waals surface area contributed by atoms with Crippen molar-refractivity contribution in [2.75, 3.05) is 42.6 Å². The number of amides is 2. The minimum Gasteiger partial charge on any atom is -0.399 e. The second kappa shape index (κ2) is 8.36. The van der Waals surface area contributed by atoms with Gasteiger partial charge in [-0.1, -0.05) is 35.9 Å². The number of carbonyl (C=O) groups excluding carboxylic acids is 1. The Morgan fingerprint density at radius 2 is 1.82 bits per heavy atom. The average molecular weight is 465 g/mol. The molecule has 33 heavy (non-hydrogen) atoms. The summed E-state index contributed by atoms with van der Waals surface area (Å²) < 4.78 is 13.6. The molecule has 0 unspecified atom stereocenters. The number of nitrogens with zero attached hydrogens (tertiary/aromatic N) is 2. The summed E-state index contributed by atoms with van der Waals surface area (Å²) in [7, 11) is 2.13. The lowest BCUT2D eigenvalue weighted by Gasteiger charge is -2.38. The number of nitrogens with one attached hydrogen (secondary N) is 1. The number of anilines is 3. The first-order valence-electron chi connectivity index (χ1n) is 11.1. The largest absolute Gasteiger partial charge is 0.399 e. The molecule has 3 aromatic rings. The summed E-state index contributed by atoms with van der Waals surface area (Å²) in [5, 5.41) is 2.87. The highest BCUT2D eigenvalue weighted by atomic mass is 35.5. The first kappa shape index (κ1) is 21.7. The van der Waals surface area contributed by atoms with Gasteiger partial charge < -0.3 is 16.0 Å². The predicted molar refractivity (Wildman–Crippen MR) is 132 cm³/mol. The number of hydrogen-bond acceptors (Lipinski definition) is 3. The Balaban J connectivity index is 1.52. The van der Waals surface area contributed by atoms with E-state index >= 15 is 0 Å². The van der Waals surface area contributed by atoms with Crippen LogP contribution in [0.5, 0.6) is 0 Å². The van der Waals surface area contributed by atoms with Gasteiger partial charge in [0.05, 0.1) is 5.02 Å². The first-order chi connectivity index (χ1) is 15.8. The van der Waals surface area contributed by atoms with E-state index in [1.807, 2.05) is 29.2 Å². The van der Waals surface area contributed by atoms with Crippen molar-refractivity contribution >= 4 is 34.7 Å². The number of piperidine rings is 1. The molecular formula is C26H26ClFN4O. The van der Waals surface area contributed by atoms with Crippen LogP contribution in [0.25, 0.3) is 11.1 Å². The SMILES string of the molecule is CN1CCC2(CC1)CN(C(=O)Nc1ccc(F)c(Cl)c1)c1cc(-c3cccc(N)c3)ccc12. The average Bonchev–Trinajstić information content (AvgIpc) is 3.12. The van der Waals surface area contributed by atoms with Gasteiger partial charge in [0.1, 0.15) is 5.82 Å². The number of likely N-dealkylation sites (tertiary alicyclic amines) is 1. The molecule has 2 amide bonds. The van der Waals surface area contributed by atoms with Crippen molar-refractivity contribution in [1.82, 2.24) is 4.90 Å². The number of halogens is 2. The van der Waals surface area contributed by atoms with Gasteiger partial charge in [-0.05, 0) is 86.1 Å². The second-order valence-corrected chi connectivity index (χ2v) is 9.49. The summed E-state index contributed by atoms with van der Waals surface area (Å²) in [6, 6.07) is 18.1. The van der Waals surface area contributed by atoms with E-state index in [1.165, 1.54) is 23.8 Å². The molecule has 7 heteroatoms. The summed E-state index contributed by atoms with van der Waals surface area (Å²) in [6.07, 6.45) is 1.97. The molecule has 1 fully saturated rings. The molecule has 0 radical (unpaired) electrons. The van der Waals surface area contributed by atoms with Crippen LogP contribution in [0.2, 0.25) is 5.02 Å². The highest BCUT2D eigenvalue weighted by Gasteiger charge is 2.46. The van der Waals surface area contributed by atoms with Crippen molar-refractivity contribution in [3.63, 3.8) is 0 Å². The van der Waals surface area contributed by atoms with Gasteiger partial charge in [0.25, 0.3) is 0 Å². The number of fused-ring (bicyclic) bond motifs is 2. The van der Waals surface area contributed by atoms with E-state index in [9.17, 15) is 9.18 Å². The highest BCUT2D eigenvalue weighted by Crippen LogP contribution is 2.48. The van der Waals surface area contributed by atoms with Crippen molar-refractivity contribution in [1.29, 1.82) is 0 Å². The van der Waals surface area contributed by atoms with Gasteiger partial charge >= 0.3 is 6.03 Å². The van der Waals surface area contributed by atoms with Crippen LogP contribution >= 0.6 is 11.6 Å². The number of benzene rings is 3. The third kappa shape index (κ3) is 4.05. The highest BCUT2D eigenvalue weighted by molar-refractivity contribution is 6.31.